The average molecular weight is 492 g/mol. The lowest BCUT2D eigenvalue weighted by atomic mass is 10.0. The number of benzene rings is 1. The molecule has 8 nitrogen and oxygen atoms in total. The van der Waals surface area contributed by atoms with E-state index in [1.54, 1.807) is 4.40 Å². The van der Waals surface area contributed by atoms with Gasteiger partial charge >= 0.3 is 5.97 Å². The number of sulfonamides is 1. The van der Waals surface area contributed by atoms with Crippen molar-refractivity contribution in [1.29, 1.82) is 0 Å². The quantitative estimate of drug-likeness (QED) is 0.509. The van der Waals surface area contributed by atoms with Gasteiger partial charge in [0.25, 0.3) is 5.56 Å². The number of esters is 1. The minimum atomic E-state index is -4.19. The van der Waals surface area contributed by atoms with Crippen molar-refractivity contribution in [1.82, 2.24) is 13.7 Å². The monoisotopic (exact) mass is 491 g/mol. The number of hydrogen-bond acceptors (Lipinski definition) is 7. The third kappa shape index (κ3) is 3.98. The fourth-order valence-corrected chi connectivity index (χ4v) is 7.45. The largest absolute Gasteiger partial charge is 0.458 e. The molecule has 3 aromatic rings. The molecule has 1 aromatic carbocycles. The molecule has 0 N–H and O–H groups in total. The number of aromatic nitrogens is 2. The molecule has 5 rings (SSSR count). The standard InChI is InChI=1S/C22H22FN3O5S2/c23-15-6-1-4-10-19(15)33(29,30)25-11-5-8-17(25)21(28)31-13-14-12-20(27)26-16-7-2-3-9-18(16)32-22(26)24-14/h1,4,6,10,12,17H,2-3,5,7-9,11,13H2. The van der Waals surface area contributed by atoms with Gasteiger partial charge in [-0.2, -0.15) is 4.31 Å². The van der Waals surface area contributed by atoms with E-state index >= 15 is 0 Å². The van der Waals surface area contributed by atoms with Crippen molar-refractivity contribution in [3.63, 3.8) is 0 Å². The Labute approximate surface area is 193 Å². The first-order chi connectivity index (χ1) is 15.9. The topological polar surface area (TPSA) is 98.1 Å². The second-order valence-electron chi connectivity index (χ2n) is 8.19. The van der Waals surface area contributed by atoms with Gasteiger partial charge in [0.15, 0.2) is 4.96 Å². The van der Waals surface area contributed by atoms with Crippen LogP contribution in [0.15, 0.2) is 40.0 Å². The van der Waals surface area contributed by atoms with Crippen molar-refractivity contribution in [3.8, 4) is 0 Å². The maximum atomic E-state index is 14.1. The molecule has 174 valence electrons. The zero-order chi connectivity index (χ0) is 23.2. The van der Waals surface area contributed by atoms with Crippen molar-refractivity contribution in [2.45, 2.75) is 56.1 Å². The zero-order valence-corrected chi connectivity index (χ0v) is 19.3. The van der Waals surface area contributed by atoms with Crippen molar-refractivity contribution in [2.75, 3.05) is 6.54 Å². The van der Waals surface area contributed by atoms with E-state index in [-0.39, 0.29) is 25.1 Å². The van der Waals surface area contributed by atoms with Gasteiger partial charge in [-0.3, -0.25) is 14.0 Å². The predicted octanol–water partition coefficient (Wildman–Crippen LogP) is 2.67. The first-order valence-corrected chi connectivity index (χ1v) is 13.1. The van der Waals surface area contributed by atoms with E-state index in [9.17, 15) is 22.4 Å². The molecule has 1 aliphatic heterocycles. The summed E-state index contributed by atoms with van der Waals surface area (Å²) in [7, 11) is -4.19. The van der Waals surface area contributed by atoms with Gasteiger partial charge in [-0.05, 0) is 50.7 Å². The van der Waals surface area contributed by atoms with Crippen LogP contribution in [0.25, 0.3) is 4.96 Å². The first-order valence-electron chi connectivity index (χ1n) is 10.8. The Morgan fingerprint density at radius 3 is 2.82 bits per heavy atom. The molecular formula is C22H22FN3O5S2. The summed E-state index contributed by atoms with van der Waals surface area (Å²) in [6.45, 7) is -0.139. The Kier molecular flexibility index (Phi) is 5.79. The number of thiazole rings is 1. The van der Waals surface area contributed by atoms with E-state index in [0.29, 0.717) is 17.1 Å². The Balaban J connectivity index is 1.34. The minimum absolute atomic E-state index is 0.0999. The lowest BCUT2D eigenvalue weighted by Crippen LogP contribution is -2.41. The number of rotatable bonds is 5. The van der Waals surface area contributed by atoms with Gasteiger partial charge in [-0.1, -0.05) is 12.1 Å². The van der Waals surface area contributed by atoms with E-state index in [4.69, 9.17) is 4.74 Å². The number of carbonyl (C=O) groups is 1. The molecular weight excluding hydrogens is 469 g/mol. The molecule has 0 amide bonds. The molecule has 11 heteroatoms. The van der Waals surface area contributed by atoms with Gasteiger partial charge in [0.1, 0.15) is 23.4 Å². The highest BCUT2D eigenvalue weighted by Crippen LogP contribution is 2.29. The lowest BCUT2D eigenvalue weighted by molar-refractivity contribution is -0.148. The Hall–Kier alpha value is -2.63. The smallest absolute Gasteiger partial charge is 0.324 e. The second-order valence-corrected chi connectivity index (χ2v) is 11.1. The van der Waals surface area contributed by atoms with Crippen LogP contribution in [0.5, 0.6) is 0 Å². The molecule has 1 atom stereocenters. The molecule has 1 unspecified atom stereocenters. The van der Waals surface area contributed by atoms with Crippen LogP contribution in [0.2, 0.25) is 0 Å². The number of ether oxygens (including phenoxy) is 1. The Morgan fingerprint density at radius 1 is 1.21 bits per heavy atom. The molecule has 2 aliphatic rings. The minimum Gasteiger partial charge on any atom is -0.458 e. The molecule has 0 bridgehead atoms. The number of fused-ring (bicyclic) bond motifs is 3. The summed E-state index contributed by atoms with van der Waals surface area (Å²) in [4.78, 5) is 31.2. The highest BCUT2D eigenvalue weighted by molar-refractivity contribution is 7.89. The Bertz CT molecular complexity index is 1400. The number of hydrogen-bond donors (Lipinski definition) is 0. The predicted molar refractivity (Wildman–Crippen MR) is 119 cm³/mol. The summed E-state index contributed by atoms with van der Waals surface area (Å²) in [5.74, 6) is -1.60. The number of nitrogens with zero attached hydrogens (tertiary/aromatic N) is 3. The summed E-state index contributed by atoms with van der Waals surface area (Å²) in [5, 5.41) is 0. The fourth-order valence-electron chi connectivity index (χ4n) is 4.50. The maximum absolute atomic E-state index is 14.1. The summed E-state index contributed by atoms with van der Waals surface area (Å²) in [5.41, 5.74) is 1.12. The van der Waals surface area contributed by atoms with Gasteiger partial charge < -0.3 is 4.74 Å². The van der Waals surface area contributed by atoms with Crippen molar-refractivity contribution in [3.05, 3.63) is 62.8 Å². The van der Waals surface area contributed by atoms with E-state index in [1.165, 1.54) is 40.5 Å². The molecule has 1 fully saturated rings. The van der Waals surface area contributed by atoms with Crippen LogP contribution in [-0.2, 0) is 39.0 Å². The first kappa shape index (κ1) is 22.2. The lowest BCUT2D eigenvalue weighted by Gasteiger charge is -2.22. The van der Waals surface area contributed by atoms with Gasteiger partial charge in [-0.15, -0.1) is 11.3 Å². The van der Waals surface area contributed by atoms with E-state index in [0.717, 1.165) is 41.7 Å². The molecule has 1 saturated heterocycles. The summed E-state index contributed by atoms with van der Waals surface area (Å²) in [6, 6.07) is 5.39. The summed E-state index contributed by atoms with van der Waals surface area (Å²) < 4.78 is 48.0. The van der Waals surface area contributed by atoms with Gasteiger partial charge in [0.05, 0.1) is 5.69 Å². The molecule has 2 aromatic heterocycles. The van der Waals surface area contributed by atoms with Gasteiger partial charge in [0, 0.05) is 23.2 Å². The number of aryl methyl sites for hydroxylation is 2. The van der Waals surface area contributed by atoms with Crippen LogP contribution in [-0.4, -0.2) is 40.7 Å². The van der Waals surface area contributed by atoms with Gasteiger partial charge in [0.2, 0.25) is 10.0 Å². The second kappa shape index (κ2) is 8.62. The third-order valence-corrected chi connectivity index (χ3v) is 9.16. The third-order valence-electron chi connectivity index (χ3n) is 6.08. The summed E-state index contributed by atoms with van der Waals surface area (Å²) >= 11 is 1.48. The normalized spacial score (nSPS) is 19.0. The zero-order valence-electron chi connectivity index (χ0n) is 17.7. The maximum Gasteiger partial charge on any atom is 0.324 e. The van der Waals surface area contributed by atoms with Crippen LogP contribution in [0.3, 0.4) is 0 Å². The van der Waals surface area contributed by atoms with Gasteiger partial charge in [-0.25, -0.2) is 17.8 Å². The number of carbonyl (C=O) groups excluding carboxylic acids is 1. The molecule has 0 spiro atoms. The van der Waals surface area contributed by atoms with E-state index in [2.05, 4.69) is 4.98 Å². The highest BCUT2D eigenvalue weighted by atomic mass is 32.2. The number of halogens is 1. The Morgan fingerprint density at radius 2 is 2.00 bits per heavy atom. The van der Waals surface area contributed by atoms with E-state index < -0.39 is 32.7 Å². The highest BCUT2D eigenvalue weighted by Gasteiger charge is 2.41. The average Bonchev–Trinajstić information content (AvgIpc) is 3.43. The fraction of sp³-hybridized carbons (Fsp3) is 0.409. The van der Waals surface area contributed by atoms with Crippen molar-refractivity contribution >= 4 is 32.3 Å². The summed E-state index contributed by atoms with van der Waals surface area (Å²) in [6.07, 6.45) is 4.64. The molecule has 33 heavy (non-hydrogen) atoms. The molecule has 1 aliphatic carbocycles. The van der Waals surface area contributed by atoms with Crippen LogP contribution in [0.1, 0.15) is 41.9 Å². The van der Waals surface area contributed by atoms with E-state index in [1.807, 2.05) is 0 Å². The van der Waals surface area contributed by atoms with Crippen LogP contribution < -0.4 is 5.56 Å². The van der Waals surface area contributed by atoms with Crippen LogP contribution in [0, 0.1) is 5.82 Å². The van der Waals surface area contributed by atoms with Crippen molar-refractivity contribution in [2.24, 2.45) is 0 Å². The molecule has 0 saturated carbocycles. The van der Waals surface area contributed by atoms with Crippen LogP contribution in [0.4, 0.5) is 4.39 Å². The SMILES string of the molecule is O=C(OCc1cc(=O)n2c3c(sc2n1)CCCC3)C1CCCN1S(=O)(=O)c1ccccc1F. The van der Waals surface area contributed by atoms with Crippen LogP contribution >= 0.6 is 11.3 Å². The van der Waals surface area contributed by atoms with Crippen molar-refractivity contribution < 1.29 is 22.3 Å². The molecule has 3 heterocycles. The molecule has 0 radical (unpaired) electrons.